The van der Waals surface area contributed by atoms with Gasteiger partial charge in [-0.2, -0.15) is 0 Å². The van der Waals surface area contributed by atoms with Crippen molar-refractivity contribution in [2.45, 2.75) is 39.5 Å². The molecule has 0 unspecified atom stereocenters. The van der Waals surface area contributed by atoms with E-state index >= 15 is 0 Å². The van der Waals surface area contributed by atoms with Crippen LogP contribution in [0.5, 0.6) is 0 Å². The van der Waals surface area contributed by atoms with Gasteiger partial charge in [0.05, 0.1) is 24.3 Å². The Balaban J connectivity index is 2.35. The molecule has 1 aromatic carbocycles. The molecule has 1 aromatic rings. The number of carbonyl (C=O) groups excluding carboxylic acids is 2. The summed E-state index contributed by atoms with van der Waals surface area (Å²) in [5.41, 5.74) is 0.759. The molecule has 6 heteroatoms. The van der Waals surface area contributed by atoms with Crippen LogP contribution in [0.4, 0.5) is 0 Å². The minimum atomic E-state index is -0.402. The maximum absolute atomic E-state index is 12.2. The highest BCUT2D eigenvalue weighted by Crippen LogP contribution is 2.09. The first-order valence-electron chi connectivity index (χ1n) is 10.3. The minimum Gasteiger partial charge on any atom is -0.462 e. The van der Waals surface area contributed by atoms with Crippen LogP contribution in [0, 0.1) is 0 Å². The van der Waals surface area contributed by atoms with Gasteiger partial charge in [-0.1, -0.05) is 19.9 Å². The third-order valence-electron chi connectivity index (χ3n) is 4.75. The zero-order valence-corrected chi connectivity index (χ0v) is 17.9. The molecule has 0 radical (unpaired) electrons. The van der Waals surface area contributed by atoms with Gasteiger partial charge in [0.2, 0.25) is 0 Å². The van der Waals surface area contributed by atoms with Crippen molar-refractivity contribution in [3.8, 4) is 0 Å². The van der Waals surface area contributed by atoms with Crippen LogP contribution in [-0.4, -0.2) is 75.2 Å². The molecule has 0 aliphatic carbocycles. The molecule has 0 aliphatic rings. The third-order valence-corrected chi connectivity index (χ3v) is 4.75. The van der Waals surface area contributed by atoms with E-state index in [-0.39, 0.29) is 0 Å². The molecule has 6 nitrogen and oxygen atoms in total. The second kappa shape index (κ2) is 14.1. The largest absolute Gasteiger partial charge is 0.462 e. The van der Waals surface area contributed by atoms with E-state index in [1.807, 2.05) is 0 Å². The van der Waals surface area contributed by atoms with Crippen LogP contribution >= 0.6 is 0 Å². The molecule has 0 aliphatic heterocycles. The van der Waals surface area contributed by atoms with Crippen LogP contribution in [0.1, 0.15) is 60.2 Å². The Hall–Kier alpha value is -1.92. The summed E-state index contributed by atoms with van der Waals surface area (Å²) in [5, 5.41) is 0. The van der Waals surface area contributed by atoms with Gasteiger partial charge in [-0.05, 0) is 84.2 Å². The van der Waals surface area contributed by atoms with Gasteiger partial charge in [-0.15, -0.1) is 0 Å². The molecule has 1 rings (SSSR count). The highest BCUT2D eigenvalue weighted by atomic mass is 16.5. The Morgan fingerprint density at radius 2 is 1.21 bits per heavy atom. The molecular weight excluding hydrogens is 356 g/mol. The first kappa shape index (κ1) is 24.1. The van der Waals surface area contributed by atoms with Gasteiger partial charge in [-0.3, -0.25) is 0 Å². The number of ether oxygens (including phenoxy) is 2. The van der Waals surface area contributed by atoms with Crippen LogP contribution in [0.25, 0.3) is 0 Å². The fraction of sp³-hybridized carbons (Fsp3) is 0.636. The summed E-state index contributed by atoms with van der Waals surface area (Å²) < 4.78 is 10.6. The summed E-state index contributed by atoms with van der Waals surface area (Å²) in [7, 11) is 4.14. The van der Waals surface area contributed by atoms with Gasteiger partial charge in [0.1, 0.15) is 0 Å². The van der Waals surface area contributed by atoms with Crippen molar-refractivity contribution in [2.24, 2.45) is 0 Å². The second-order valence-corrected chi connectivity index (χ2v) is 7.06. The zero-order chi connectivity index (χ0) is 20.8. The lowest BCUT2D eigenvalue weighted by Crippen LogP contribution is -2.19. The van der Waals surface area contributed by atoms with Crippen molar-refractivity contribution in [3.63, 3.8) is 0 Å². The van der Waals surface area contributed by atoms with Crippen molar-refractivity contribution >= 4 is 11.9 Å². The lowest BCUT2D eigenvalue weighted by molar-refractivity contribution is 0.0494. The number of unbranched alkanes of at least 4 members (excludes halogenated alkanes) is 2. The Morgan fingerprint density at radius 3 is 1.61 bits per heavy atom. The fourth-order valence-electron chi connectivity index (χ4n) is 2.55. The minimum absolute atomic E-state index is 0.379. The maximum Gasteiger partial charge on any atom is 0.338 e. The molecular formula is C22H36N2O4. The molecule has 0 atom stereocenters. The Labute approximate surface area is 169 Å². The molecule has 0 saturated heterocycles. The third kappa shape index (κ3) is 9.85. The fourth-order valence-corrected chi connectivity index (χ4v) is 2.55. The molecule has 158 valence electrons. The van der Waals surface area contributed by atoms with Gasteiger partial charge in [-0.25, -0.2) is 9.59 Å². The Bertz CT molecular complexity index is 544. The monoisotopic (exact) mass is 392 g/mol. The molecule has 0 amide bonds. The molecule has 28 heavy (non-hydrogen) atoms. The molecule has 0 heterocycles. The predicted molar refractivity (Wildman–Crippen MR) is 112 cm³/mol. The van der Waals surface area contributed by atoms with Gasteiger partial charge >= 0.3 is 11.9 Å². The summed E-state index contributed by atoms with van der Waals surface area (Å²) in [6, 6.07) is 6.54. The molecule has 0 spiro atoms. The van der Waals surface area contributed by atoms with E-state index in [0.717, 1.165) is 51.9 Å². The first-order valence-corrected chi connectivity index (χ1v) is 10.3. The number of hydrogen-bond acceptors (Lipinski definition) is 6. The normalized spacial score (nSPS) is 11.1. The van der Waals surface area contributed by atoms with E-state index < -0.39 is 11.9 Å². The second-order valence-electron chi connectivity index (χ2n) is 7.06. The van der Waals surface area contributed by atoms with Crippen molar-refractivity contribution in [2.75, 3.05) is 53.5 Å². The number of rotatable bonds is 14. The number of hydrogen-bond donors (Lipinski definition) is 0. The molecule has 0 aromatic heterocycles. The predicted octanol–water partition coefficient (Wildman–Crippen LogP) is 3.46. The number of benzene rings is 1. The topological polar surface area (TPSA) is 59.1 Å². The van der Waals surface area contributed by atoms with Crippen LogP contribution < -0.4 is 0 Å². The van der Waals surface area contributed by atoms with E-state index in [1.54, 1.807) is 24.3 Å². The van der Waals surface area contributed by atoms with E-state index in [0.29, 0.717) is 24.3 Å². The van der Waals surface area contributed by atoms with E-state index in [2.05, 4.69) is 37.7 Å². The van der Waals surface area contributed by atoms with E-state index in [1.165, 1.54) is 0 Å². The van der Waals surface area contributed by atoms with Gasteiger partial charge < -0.3 is 19.3 Å². The van der Waals surface area contributed by atoms with Crippen LogP contribution in [0.3, 0.4) is 0 Å². The summed E-state index contributed by atoms with van der Waals surface area (Å²) in [5.74, 6) is -0.804. The Kier molecular flexibility index (Phi) is 12.2. The Morgan fingerprint density at radius 1 is 0.786 bits per heavy atom. The zero-order valence-electron chi connectivity index (χ0n) is 17.9. The summed E-state index contributed by atoms with van der Waals surface area (Å²) in [6.07, 6.45) is 3.62. The average molecular weight is 393 g/mol. The smallest absolute Gasteiger partial charge is 0.338 e. The summed E-state index contributed by atoms with van der Waals surface area (Å²) in [6.45, 7) is 9.01. The number of esters is 2. The number of carbonyl (C=O) groups is 2. The quantitative estimate of drug-likeness (QED) is 0.357. The SMILES string of the molecule is CCN(C)CCCCOC(=O)c1cccc(C(=O)OCCCCN(C)CC)c1. The highest BCUT2D eigenvalue weighted by molar-refractivity contribution is 5.95. The maximum atomic E-state index is 12.2. The van der Waals surface area contributed by atoms with Gasteiger partial charge in [0.15, 0.2) is 0 Å². The molecule has 0 saturated carbocycles. The first-order chi connectivity index (χ1) is 13.5. The van der Waals surface area contributed by atoms with Crippen molar-refractivity contribution in [3.05, 3.63) is 35.4 Å². The average Bonchev–Trinajstić information content (AvgIpc) is 2.72. The van der Waals surface area contributed by atoms with Gasteiger partial charge in [0.25, 0.3) is 0 Å². The number of nitrogens with zero attached hydrogens (tertiary/aromatic N) is 2. The van der Waals surface area contributed by atoms with Crippen LogP contribution in [0.2, 0.25) is 0 Å². The highest BCUT2D eigenvalue weighted by Gasteiger charge is 2.12. The lowest BCUT2D eigenvalue weighted by Gasteiger charge is -2.13. The molecule has 0 fully saturated rings. The van der Waals surface area contributed by atoms with Gasteiger partial charge in [0, 0.05) is 0 Å². The standard InChI is InChI=1S/C22H36N2O4/c1-5-23(3)14-7-9-16-27-21(25)19-12-11-13-20(18-19)22(26)28-17-10-8-15-24(4)6-2/h11-13,18H,5-10,14-17H2,1-4H3. The van der Waals surface area contributed by atoms with Crippen molar-refractivity contribution in [1.29, 1.82) is 0 Å². The summed E-state index contributed by atoms with van der Waals surface area (Å²) >= 11 is 0. The van der Waals surface area contributed by atoms with E-state index in [9.17, 15) is 9.59 Å². The lowest BCUT2D eigenvalue weighted by atomic mass is 10.1. The molecule has 0 bridgehead atoms. The van der Waals surface area contributed by atoms with Crippen LogP contribution in [0.15, 0.2) is 24.3 Å². The summed E-state index contributed by atoms with van der Waals surface area (Å²) in [4.78, 5) is 28.8. The van der Waals surface area contributed by atoms with Crippen LogP contribution in [-0.2, 0) is 9.47 Å². The van der Waals surface area contributed by atoms with Crippen molar-refractivity contribution in [1.82, 2.24) is 9.80 Å². The van der Waals surface area contributed by atoms with Crippen molar-refractivity contribution < 1.29 is 19.1 Å². The molecule has 0 N–H and O–H groups in total. The van der Waals surface area contributed by atoms with E-state index in [4.69, 9.17) is 9.47 Å².